The first-order valence-corrected chi connectivity index (χ1v) is 3.94. The van der Waals surface area contributed by atoms with Crippen LogP contribution in [0, 0.1) is 0 Å². The van der Waals surface area contributed by atoms with Gasteiger partial charge >= 0.3 is 0 Å². The SMILES string of the molecule is ClCc1nc(-c2ccco2)n[nH]1. The summed E-state index contributed by atoms with van der Waals surface area (Å²) in [7, 11) is 0. The fraction of sp³-hybridized carbons (Fsp3) is 0.143. The average Bonchev–Trinajstić information content (AvgIpc) is 2.75. The second-order valence-corrected chi connectivity index (χ2v) is 2.48. The molecule has 62 valence electrons. The smallest absolute Gasteiger partial charge is 0.216 e. The number of aromatic nitrogens is 3. The zero-order valence-corrected chi connectivity index (χ0v) is 6.88. The van der Waals surface area contributed by atoms with Crippen molar-refractivity contribution in [1.82, 2.24) is 15.2 Å². The normalized spacial score (nSPS) is 10.4. The highest BCUT2D eigenvalue weighted by Gasteiger charge is 2.06. The van der Waals surface area contributed by atoms with Crippen LogP contribution in [0.5, 0.6) is 0 Å². The molecule has 0 radical (unpaired) electrons. The molecule has 0 saturated heterocycles. The maximum Gasteiger partial charge on any atom is 0.216 e. The van der Waals surface area contributed by atoms with Crippen LogP contribution in [0.15, 0.2) is 22.8 Å². The van der Waals surface area contributed by atoms with E-state index in [-0.39, 0.29) is 0 Å². The summed E-state index contributed by atoms with van der Waals surface area (Å²) in [6, 6.07) is 3.58. The fourth-order valence-electron chi connectivity index (χ4n) is 0.871. The summed E-state index contributed by atoms with van der Waals surface area (Å²) in [4.78, 5) is 4.08. The molecular weight excluding hydrogens is 178 g/mol. The second-order valence-electron chi connectivity index (χ2n) is 2.22. The highest BCUT2D eigenvalue weighted by atomic mass is 35.5. The van der Waals surface area contributed by atoms with Gasteiger partial charge in [0.05, 0.1) is 12.1 Å². The molecule has 0 spiro atoms. The molecule has 0 unspecified atom stereocenters. The van der Waals surface area contributed by atoms with Crippen molar-refractivity contribution >= 4 is 11.6 Å². The number of furan rings is 1. The summed E-state index contributed by atoms with van der Waals surface area (Å²) >= 11 is 5.54. The van der Waals surface area contributed by atoms with Crippen molar-refractivity contribution in [1.29, 1.82) is 0 Å². The Labute approximate surface area is 73.6 Å². The molecule has 0 aromatic carbocycles. The highest BCUT2D eigenvalue weighted by Crippen LogP contribution is 2.14. The summed E-state index contributed by atoms with van der Waals surface area (Å²) in [6.07, 6.45) is 1.58. The third kappa shape index (κ3) is 1.21. The molecule has 0 aliphatic heterocycles. The Balaban J connectivity index is 2.35. The van der Waals surface area contributed by atoms with E-state index in [2.05, 4.69) is 15.2 Å². The highest BCUT2D eigenvalue weighted by molar-refractivity contribution is 6.16. The fourth-order valence-corrected chi connectivity index (χ4v) is 0.991. The average molecular weight is 184 g/mol. The predicted molar refractivity (Wildman–Crippen MR) is 43.6 cm³/mol. The van der Waals surface area contributed by atoms with Crippen LogP contribution in [0.25, 0.3) is 11.6 Å². The monoisotopic (exact) mass is 183 g/mol. The summed E-state index contributed by atoms with van der Waals surface area (Å²) in [5, 5.41) is 6.61. The molecule has 5 heteroatoms. The zero-order valence-electron chi connectivity index (χ0n) is 6.12. The molecule has 0 aliphatic rings. The van der Waals surface area contributed by atoms with Crippen molar-refractivity contribution < 1.29 is 4.42 Å². The number of hydrogen-bond donors (Lipinski definition) is 1. The standard InChI is InChI=1S/C7H6ClN3O/c8-4-6-9-7(11-10-6)5-2-1-3-12-5/h1-3H,4H2,(H,9,10,11). The molecule has 2 heterocycles. The molecule has 0 bridgehead atoms. The molecule has 2 aromatic rings. The molecule has 2 rings (SSSR count). The Kier molecular flexibility index (Phi) is 1.83. The van der Waals surface area contributed by atoms with Crippen LogP contribution in [-0.2, 0) is 5.88 Å². The van der Waals surface area contributed by atoms with E-state index in [9.17, 15) is 0 Å². The van der Waals surface area contributed by atoms with E-state index >= 15 is 0 Å². The third-order valence-electron chi connectivity index (χ3n) is 1.40. The number of halogens is 1. The summed E-state index contributed by atoms with van der Waals surface area (Å²) in [6.45, 7) is 0. The van der Waals surface area contributed by atoms with Crippen LogP contribution in [0.3, 0.4) is 0 Å². The molecule has 0 saturated carbocycles. The number of hydrogen-bond acceptors (Lipinski definition) is 3. The minimum atomic E-state index is 0.327. The van der Waals surface area contributed by atoms with E-state index in [0.29, 0.717) is 23.3 Å². The van der Waals surface area contributed by atoms with Crippen molar-refractivity contribution in [2.24, 2.45) is 0 Å². The van der Waals surface area contributed by atoms with Gasteiger partial charge in [0, 0.05) is 0 Å². The number of nitrogens with one attached hydrogen (secondary N) is 1. The number of H-pyrrole nitrogens is 1. The van der Waals surface area contributed by atoms with E-state index in [0.717, 1.165) is 0 Å². The van der Waals surface area contributed by atoms with Gasteiger partial charge in [-0.25, -0.2) is 4.98 Å². The molecule has 1 N–H and O–H groups in total. The third-order valence-corrected chi connectivity index (χ3v) is 1.65. The van der Waals surface area contributed by atoms with E-state index in [1.807, 2.05) is 0 Å². The second kappa shape index (κ2) is 2.98. The van der Waals surface area contributed by atoms with Crippen molar-refractivity contribution in [2.75, 3.05) is 0 Å². The van der Waals surface area contributed by atoms with Crippen molar-refractivity contribution in [2.45, 2.75) is 5.88 Å². The first kappa shape index (κ1) is 7.36. The van der Waals surface area contributed by atoms with Gasteiger partial charge in [0.1, 0.15) is 5.82 Å². The molecule has 0 atom stereocenters. The Morgan fingerprint density at radius 3 is 3.08 bits per heavy atom. The summed E-state index contributed by atoms with van der Waals surface area (Å²) in [5.74, 6) is 2.15. The Bertz CT molecular complexity index is 354. The maximum absolute atomic E-state index is 5.54. The number of rotatable bonds is 2. The van der Waals surface area contributed by atoms with Gasteiger partial charge in [-0.1, -0.05) is 0 Å². The van der Waals surface area contributed by atoms with Gasteiger partial charge < -0.3 is 4.42 Å². The Hall–Kier alpha value is -1.29. The molecule has 12 heavy (non-hydrogen) atoms. The van der Waals surface area contributed by atoms with Crippen molar-refractivity contribution in [3.8, 4) is 11.6 Å². The van der Waals surface area contributed by atoms with Crippen molar-refractivity contribution in [3.05, 3.63) is 24.2 Å². The van der Waals surface area contributed by atoms with E-state index in [1.54, 1.807) is 18.4 Å². The van der Waals surface area contributed by atoms with Crippen LogP contribution in [0.4, 0.5) is 0 Å². The van der Waals surface area contributed by atoms with Gasteiger partial charge in [0.15, 0.2) is 5.76 Å². The summed E-state index contributed by atoms with van der Waals surface area (Å²) in [5.41, 5.74) is 0. The molecule has 0 aliphatic carbocycles. The maximum atomic E-state index is 5.54. The van der Waals surface area contributed by atoms with Crippen LogP contribution in [0.2, 0.25) is 0 Å². The lowest BCUT2D eigenvalue weighted by atomic mass is 10.4. The molecular formula is C7H6ClN3O. The lowest BCUT2D eigenvalue weighted by molar-refractivity contribution is 0.577. The first-order valence-electron chi connectivity index (χ1n) is 3.41. The number of alkyl halides is 1. The lowest BCUT2D eigenvalue weighted by Crippen LogP contribution is -1.78. The van der Waals surface area contributed by atoms with Gasteiger partial charge in [-0.2, -0.15) is 0 Å². The number of nitrogens with zero attached hydrogens (tertiary/aromatic N) is 2. The van der Waals surface area contributed by atoms with Gasteiger partial charge in [-0.3, -0.25) is 5.10 Å². The Morgan fingerprint density at radius 2 is 2.50 bits per heavy atom. The first-order chi connectivity index (χ1) is 5.90. The van der Waals surface area contributed by atoms with E-state index in [4.69, 9.17) is 16.0 Å². The predicted octanol–water partition coefficient (Wildman–Crippen LogP) is 1.80. The molecule has 4 nitrogen and oxygen atoms in total. The van der Waals surface area contributed by atoms with E-state index in [1.165, 1.54) is 0 Å². The lowest BCUT2D eigenvalue weighted by Gasteiger charge is -1.83. The van der Waals surface area contributed by atoms with Gasteiger partial charge in [-0.05, 0) is 12.1 Å². The van der Waals surface area contributed by atoms with Gasteiger partial charge in [-0.15, -0.1) is 16.7 Å². The van der Waals surface area contributed by atoms with Crippen LogP contribution in [0.1, 0.15) is 5.82 Å². The minimum absolute atomic E-state index is 0.327. The molecule has 0 fully saturated rings. The topological polar surface area (TPSA) is 54.7 Å². The summed E-state index contributed by atoms with van der Waals surface area (Å²) < 4.78 is 5.09. The Morgan fingerprint density at radius 1 is 1.58 bits per heavy atom. The van der Waals surface area contributed by atoms with Crippen LogP contribution >= 0.6 is 11.6 Å². The van der Waals surface area contributed by atoms with Crippen molar-refractivity contribution in [3.63, 3.8) is 0 Å². The number of aromatic amines is 1. The van der Waals surface area contributed by atoms with Crippen LogP contribution in [-0.4, -0.2) is 15.2 Å². The van der Waals surface area contributed by atoms with Gasteiger partial charge in [0.2, 0.25) is 5.82 Å². The van der Waals surface area contributed by atoms with Gasteiger partial charge in [0.25, 0.3) is 0 Å². The quantitative estimate of drug-likeness (QED) is 0.723. The van der Waals surface area contributed by atoms with E-state index < -0.39 is 0 Å². The van der Waals surface area contributed by atoms with Crippen LogP contribution < -0.4 is 0 Å². The molecule has 0 amide bonds. The zero-order chi connectivity index (χ0) is 8.39. The molecule has 2 aromatic heterocycles. The minimum Gasteiger partial charge on any atom is -0.461 e. The largest absolute Gasteiger partial charge is 0.461 e.